The smallest absolute Gasteiger partial charge is 0.256 e. The van der Waals surface area contributed by atoms with Crippen molar-refractivity contribution in [3.8, 4) is 0 Å². The second kappa shape index (κ2) is 7.19. The summed E-state index contributed by atoms with van der Waals surface area (Å²) in [5.74, 6) is -0.251. The summed E-state index contributed by atoms with van der Waals surface area (Å²) in [4.78, 5) is 13.6. The zero-order valence-electron chi connectivity index (χ0n) is 13.2. The van der Waals surface area contributed by atoms with Crippen molar-refractivity contribution in [1.82, 2.24) is 0 Å². The molecule has 2 aromatic rings. The van der Waals surface area contributed by atoms with Crippen molar-refractivity contribution in [2.75, 3.05) is 11.6 Å². The lowest BCUT2D eigenvalue weighted by atomic mass is 10.2. The normalized spacial score (nSPS) is 11.5. The van der Waals surface area contributed by atoms with Crippen LogP contribution in [0.2, 0.25) is 0 Å². The quantitative estimate of drug-likeness (QED) is 0.833. The van der Waals surface area contributed by atoms with Gasteiger partial charge in [-0.15, -0.1) is 11.8 Å². The van der Waals surface area contributed by atoms with Crippen molar-refractivity contribution < 1.29 is 13.2 Å². The van der Waals surface area contributed by atoms with Crippen molar-refractivity contribution >= 4 is 33.2 Å². The lowest BCUT2D eigenvalue weighted by Crippen LogP contribution is -2.13. The Morgan fingerprint density at radius 1 is 1.09 bits per heavy atom. The first-order valence-electron chi connectivity index (χ1n) is 7.14. The van der Waals surface area contributed by atoms with Crippen LogP contribution in [0.5, 0.6) is 0 Å². The van der Waals surface area contributed by atoms with Crippen molar-refractivity contribution in [3.05, 3.63) is 54.1 Å². The standard InChI is InChI=1S/C17H19NO3S2/c1-12(2)22-16-10-5-4-9-15(16)17(19)18-13-7-6-8-14(11-13)23(3,20)21/h4-12H,1-3H3,(H,18,19). The summed E-state index contributed by atoms with van der Waals surface area (Å²) in [6.07, 6.45) is 1.14. The first kappa shape index (κ1) is 17.6. The van der Waals surface area contributed by atoms with E-state index >= 15 is 0 Å². The molecule has 0 heterocycles. The van der Waals surface area contributed by atoms with E-state index in [9.17, 15) is 13.2 Å². The molecule has 0 bridgehead atoms. The molecule has 2 rings (SSSR count). The highest BCUT2D eigenvalue weighted by molar-refractivity contribution is 8.00. The van der Waals surface area contributed by atoms with Crippen LogP contribution < -0.4 is 5.32 Å². The Bertz CT molecular complexity index is 814. The molecule has 1 amide bonds. The van der Waals surface area contributed by atoms with Gasteiger partial charge in [0.15, 0.2) is 9.84 Å². The van der Waals surface area contributed by atoms with Crippen LogP contribution in [-0.4, -0.2) is 25.8 Å². The number of hydrogen-bond acceptors (Lipinski definition) is 4. The molecular formula is C17H19NO3S2. The summed E-state index contributed by atoms with van der Waals surface area (Å²) in [5.41, 5.74) is 1.04. The van der Waals surface area contributed by atoms with Crippen molar-refractivity contribution in [2.45, 2.75) is 28.9 Å². The number of thioether (sulfide) groups is 1. The lowest BCUT2D eigenvalue weighted by molar-refractivity contribution is 0.102. The maximum absolute atomic E-state index is 12.5. The van der Waals surface area contributed by atoms with Gasteiger partial charge in [-0.2, -0.15) is 0 Å². The Kier molecular flexibility index (Phi) is 5.49. The van der Waals surface area contributed by atoms with Gasteiger partial charge in [-0.1, -0.05) is 32.0 Å². The molecule has 0 aliphatic heterocycles. The molecule has 0 aromatic heterocycles. The van der Waals surface area contributed by atoms with E-state index in [1.807, 2.05) is 18.2 Å². The van der Waals surface area contributed by atoms with Gasteiger partial charge in [-0.3, -0.25) is 4.79 Å². The van der Waals surface area contributed by atoms with Crippen LogP contribution in [0.1, 0.15) is 24.2 Å². The van der Waals surface area contributed by atoms with E-state index < -0.39 is 9.84 Å². The molecule has 0 radical (unpaired) electrons. The van der Waals surface area contributed by atoms with Crippen molar-refractivity contribution in [3.63, 3.8) is 0 Å². The fraction of sp³-hybridized carbons (Fsp3) is 0.235. The first-order chi connectivity index (χ1) is 10.8. The molecule has 0 saturated carbocycles. The van der Waals surface area contributed by atoms with Gasteiger partial charge >= 0.3 is 0 Å². The number of anilines is 1. The van der Waals surface area contributed by atoms with Crippen LogP contribution >= 0.6 is 11.8 Å². The number of hydrogen-bond donors (Lipinski definition) is 1. The molecule has 0 fully saturated rings. The van der Waals surface area contributed by atoms with Crippen LogP contribution in [0, 0.1) is 0 Å². The van der Waals surface area contributed by atoms with Crippen LogP contribution in [0.3, 0.4) is 0 Å². The maximum atomic E-state index is 12.5. The predicted molar refractivity (Wildman–Crippen MR) is 94.9 cm³/mol. The molecule has 0 aliphatic rings. The molecule has 122 valence electrons. The van der Waals surface area contributed by atoms with Gasteiger partial charge in [0.1, 0.15) is 0 Å². The molecule has 0 spiro atoms. The Morgan fingerprint density at radius 3 is 2.43 bits per heavy atom. The number of rotatable bonds is 5. The average molecular weight is 349 g/mol. The third-order valence-corrected chi connectivity index (χ3v) is 5.21. The molecule has 0 unspecified atom stereocenters. The van der Waals surface area contributed by atoms with E-state index in [0.29, 0.717) is 16.5 Å². The lowest BCUT2D eigenvalue weighted by Gasteiger charge is -2.12. The van der Waals surface area contributed by atoms with Gasteiger partial charge in [0.25, 0.3) is 5.91 Å². The Morgan fingerprint density at radius 2 is 1.78 bits per heavy atom. The molecule has 0 atom stereocenters. The van der Waals surface area contributed by atoms with Crippen LogP contribution in [-0.2, 0) is 9.84 Å². The number of benzene rings is 2. The summed E-state index contributed by atoms with van der Waals surface area (Å²) < 4.78 is 23.2. The van der Waals surface area contributed by atoms with Gasteiger partial charge in [-0.05, 0) is 30.3 Å². The molecular weight excluding hydrogens is 330 g/mol. The Labute approximate surface area is 141 Å². The summed E-state index contributed by atoms with van der Waals surface area (Å²) in [7, 11) is -3.31. The fourth-order valence-electron chi connectivity index (χ4n) is 2.01. The maximum Gasteiger partial charge on any atom is 0.256 e. The van der Waals surface area contributed by atoms with Gasteiger partial charge in [0.05, 0.1) is 10.5 Å². The summed E-state index contributed by atoms with van der Waals surface area (Å²) in [6.45, 7) is 4.13. The van der Waals surface area contributed by atoms with Gasteiger partial charge in [0, 0.05) is 22.1 Å². The predicted octanol–water partition coefficient (Wildman–Crippen LogP) is 3.84. The SMILES string of the molecule is CC(C)Sc1ccccc1C(=O)Nc1cccc(S(C)(=O)=O)c1. The molecule has 1 N–H and O–H groups in total. The Balaban J connectivity index is 2.27. The molecule has 6 heteroatoms. The van der Waals surface area contributed by atoms with E-state index in [1.165, 1.54) is 12.1 Å². The second-order valence-corrected chi connectivity index (χ2v) is 9.05. The molecule has 2 aromatic carbocycles. The van der Waals surface area contributed by atoms with Crippen LogP contribution in [0.15, 0.2) is 58.3 Å². The zero-order valence-corrected chi connectivity index (χ0v) is 14.9. The first-order valence-corrected chi connectivity index (χ1v) is 9.91. The summed E-state index contributed by atoms with van der Waals surface area (Å²) in [6, 6.07) is 13.6. The van der Waals surface area contributed by atoms with Gasteiger partial charge in [0.2, 0.25) is 0 Å². The Hall–Kier alpha value is -1.79. The van der Waals surface area contributed by atoms with Crippen molar-refractivity contribution in [2.24, 2.45) is 0 Å². The second-order valence-electron chi connectivity index (χ2n) is 5.42. The largest absolute Gasteiger partial charge is 0.322 e. The number of amides is 1. The molecule has 0 aliphatic carbocycles. The third-order valence-electron chi connectivity index (χ3n) is 3.01. The van der Waals surface area contributed by atoms with E-state index in [0.717, 1.165) is 11.2 Å². The van der Waals surface area contributed by atoms with Gasteiger partial charge < -0.3 is 5.32 Å². The third kappa shape index (κ3) is 4.84. The van der Waals surface area contributed by atoms with Gasteiger partial charge in [-0.25, -0.2) is 8.42 Å². The fourth-order valence-corrected chi connectivity index (χ4v) is 3.63. The molecule has 0 saturated heterocycles. The highest BCUT2D eigenvalue weighted by Gasteiger charge is 2.14. The van der Waals surface area contributed by atoms with E-state index in [-0.39, 0.29) is 10.8 Å². The van der Waals surface area contributed by atoms with E-state index in [4.69, 9.17) is 0 Å². The monoisotopic (exact) mass is 349 g/mol. The minimum Gasteiger partial charge on any atom is -0.322 e. The topological polar surface area (TPSA) is 63.2 Å². The minimum absolute atomic E-state index is 0.181. The van der Waals surface area contributed by atoms with Crippen LogP contribution in [0.4, 0.5) is 5.69 Å². The van der Waals surface area contributed by atoms with E-state index in [2.05, 4.69) is 19.2 Å². The number of carbonyl (C=O) groups excluding carboxylic acids is 1. The molecule has 4 nitrogen and oxygen atoms in total. The summed E-state index contributed by atoms with van der Waals surface area (Å²) in [5, 5.41) is 3.13. The zero-order chi connectivity index (χ0) is 17.0. The number of nitrogens with one attached hydrogen (secondary N) is 1. The summed E-state index contributed by atoms with van der Waals surface area (Å²) >= 11 is 1.61. The highest BCUT2D eigenvalue weighted by Crippen LogP contribution is 2.27. The highest BCUT2D eigenvalue weighted by atomic mass is 32.2. The van der Waals surface area contributed by atoms with E-state index in [1.54, 1.807) is 30.0 Å². The van der Waals surface area contributed by atoms with Crippen LogP contribution in [0.25, 0.3) is 0 Å². The number of sulfone groups is 1. The average Bonchev–Trinajstić information content (AvgIpc) is 2.46. The van der Waals surface area contributed by atoms with Crippen molar-refractivity contribution in [1.29, 1.82) is 0 Å². The number of carbonyl (C=O) groups is 1. The molecule has 23 heavy (non-hydrogen) atoms. The minimum atomic E-state index is -3.31.